The molecule has 1 N–H and O–H groups in total. The van der Waals surface area contributed by atoms with E-state index in [9.17, 15) is 5.11 Å². The zero-order valence-electron chi connectivity index (χ0n) is 11.9. The van der Waals surface area contributed by atoms with Crippen LogP contribution in [0.15, 0.2) is 18.3 Å². The molecule has 0 spiro atoms. The Balaban J connectivity index is 2.75. The quantitative estimate of drug-likeness (QED) is 0.803. The predicted octanol–water partition coefficient (Wildman–Crippen LogP) is 1.91. The molecule has 4 heteroatoms. The van der Waals surface area contributed by atoms with E-state index < -0.39 is 6.10 Å². The normalized spacial score (nSPS) is 12.8. The average Bonchev–Trinajstić information content (AvgIpc) is 2.34. The minimum atomic E-state index is -0.475. The Labute approximate surface area is 110 Å². The van der Waals surface area contributed by atoms with Gasteiger partial charge >= 0.3 is 0 Å². The van der Waals surface area contributed by atoms with Crippen molar-refractivity contribution in [2.24, 2.45) is 0 Å². The average molecular weight is 251 g/mol. The highest BCUT2D eigenvalue weighted by atomic mass is 16.3. The van der Waals surface area contributed by atoms with Gasteiger partial charge in [0.25, 0.3) is 0 Å². The topological polar surface area (TPSA) is 39.6 Å². The third-order valence-corrected chi connectivity index (χ3v) is 2.98. The van der Waals surface area contributed by atoms with Crippen LogP contribution in [0.3, 0.4) is 0 Å². The van der Waals surface area contributed by atoms with Crippen LogP contribution < -0.4 is 4.90 Å². The lowest BCUT2D eigenvalue weighted by molar-refractivity contribution is 0.199. The van der Waals surface area contributed by atoms with E-state index >= 15 is 0 Å². The van der Waals surface area contributed by atoms with Crippen LogP contribution in [0.5, 0.6) is 0 Å². The summed E-state index contributed by atoms with van der Waals surface area (Å²) in [5.74, 6) is 0.911. The molecule has 1 aromatic rings. The number of hydrogen-bond acceptors (Lipinski definition) is 4. The van der Waals surface area contributed by atoms with Crippen LogP contribution in [0, 0.1) is 0 Å². The number of anilines is 1. The van der Waals surface area contributed by atoms with E-state index in [0.29, 0.717) is 0 Å². The molecule has 1 atom stereocenters. The maximum absolute atomic E-state index is 9.79. The maximum Gasteiger partial charge on any atom is 0.134 e. The molecule has 0 unspecified atom stereocenters. The Bertz CT molecular complexity index is 353. The molecule has 0 amide bonds. The first-order valence-electron chi connectivity index (χ1n) is 6.59. The third-order valence-electron chi connectivity index (χ3n) is 2.98. The first-order valence-corrected chi connectivity index (χ1v) is 6.59. The molecule has 0 bridgehead atoms. The summed E-state index contributed by atoms with van der Waals surface area (Å²) in [6.07, 6.45) is 2.41. The summed E-state index contributed by atoms with van der Waals surface area (Å²) in [6, 6.07) is 3.82. The third kappa shape index (κ3) is 4.27. The molecule has 0 fully saturated rings. The van der Waals surface area contributed by atoms with Gasteiger partial charge in [0.05, 0.1) is 6.10 Å². The summed E-state index contributed by atoms with van der Waals surface area (Å²) in [7, 11) is 4.16. The van der Waals surface area contributed by atoms with Gasteiger partial charge in [-0.25, -0.2) is 4.98 Å². The molecule has 1 aromatic heterocycles. The molecule has 0 saturated heterocycles. The van der Waals surface area contributed by atoms with Crippen molar-refractivity contribution >= 4 is 5.82 Å². The fourth-order valence-corrected chi connectivity index (χ4v) is 1.99. The van der Waals surface area contributed by atoms with Crippen molar-refractivity contribution in [2.45, 2.75) is 26.4 Å². The van der Waals surface area contributed by atoms with Crippen LogP contribution in [0.4, 0.5) is 5.82 Å². The highest BCUT2D eigenvalue weighted by molar-refractivity contribution is 5.47. The SMILES string of the molecule is CCN(CCCN(C)C)c1ncccc1[C@H](C)O. The van der Waals surface area contributed by atoms with Gasteiger partial charge < -0.3 is 14.9 Å². The van der Waals surface area contributed by atoms with Gasteiger partial charge in [0, 0.05) is 24.8 Å². The number of aliphatic hydroxyl groups excluding tert-OH is 1. The summed E-state index contributed by atoms with van der Waals surface area (Å²) in [5.41, 5.74) is 0.907. The fraction of sp³-hybridized carbons (Fsp3) is 0.643. The molecular weight excluding hydrogens is 226 g/mol. The number of aliphatic hydroxyl groups is 1. The van der Waals surface area contributed by atoms with Crippen molar-refractivity contribution in [3.8, 4) is 0 Å². The zero-order chi connectivity index (χ0) is 13.5. The highest BCUT2D eigenvalue weighted by Gasteiger charge is 2.13. The molecule has 0 saturated carbocycles. The Morgan fingerprint density at radius 3 is 2.61 bits per heavy atom. The molecule has 18 heavy (non-hydrogen) atoms. The molecule has 0 aliphatic heterocycles. The van der Waals surface area contributed by atoms with E-state index in [0.717, 1.165) is 37.4 Å². The van der Waals surface area contributed by atoms with Gasteiger partial charge in [-0.1, -0.05) is 6.07 Å². The molecule has 0 aliphatic carbocycles. The van der Waals surface area contributed by atoms with Gasteiger partial charge in [-0.05, 0) is 47.0 Å². The van der Waals surface area contributed by atoms with E-state index in [2.05, 4.69) is 35.8 Å². The van der Waals surface area contributed by atoms with Crippen molar-refractivity contribution in [1.82, 2.24) is 9.88 Å². The number of aromatic nitrogens is 1. The number of nitrogens with zero attached hydrogens (tertiary/aromatic N) is 3. The standard InChI is InChI=1S/C14H25N3O/c1-5-17(11-7-10-16(3)4)14-13(12(2)18)8-6-9-15-14/h6,8-9,12,18H,5,7,10-11H2,1-4H3/t12-/m0/s1. The summed E-state index contributed by atoms with van der Waals surface area (Å²) in [5, 5.41) is 9.79. The lowest BCUT2D eigenvalue weighted by Gasteiger charge is -2.25. The monoisotopic (exact) mass is 251 g/mol. The van der Waals surface area contributed by atoms with E-state index in [1.165, 1.54) is 0 Å². The van der Waals surface area contributed by atoms with Gasteiger partial charge in [0.15, 0.2) is 0 Å². The Hall–Kier alpha value is -1.13. The van der Waals surface area contributed by atoms with Crippen LogP contribution in [0.1, 0.15) is 31.9 Å². The first kappa shape index (κ1) is 14.9. The van der Waals surface area contributed by atoms with Crippen LogP contribution >= 0.6 is 0 Å². The van der Waals surface area contributed by atoms with Crippen LogP contribution in [0.25, 0.3) is 0 Å². The van der Waals surface area contributed by atoms with Gasteiger partial charge in [-0.15, -0.1) is 0 Å². The largest absolute Gasteiger partial charge is 0.389 e. The lowest BCUT2D eigenvalue weighted by atomic mass is 10.1. The van der Waals surface area contributed by atoms with Crippen LogP contribution in [-0.2, 0) is 0 Å². The molecule has 0 aromatic carbocycles. The van der Waals surface area contributed by atoms with E-state index in [1.54, 1.807) is 13.1 Å². The Kier molecular flexibility index (Phi) is 6.09. The number of rotatable bonds is 7. The van der Waals surface area contributed by atoms with Crippen LogP contribution in [0.2, 0.25) is 0 Å². The molecule has 1 heterocycles. The van der Waals surface area contributed by atoms with E-state index in [1.807, 2.05) is 12.1 Å². The van der Waals surface area contributed by atoms with Crippen molar-refractivity contribution < 1.29 is 5.11 Å². The zero-order valence-corrected chi connectivity index (χ0v) is 11.9. The van der Waals surface area contributed by atoms with E-state index in [4.69, 9.17) is 0 Å². The highest BCUT2D eigenvalue weighted by Crippen LogP contribution is 2.23. The summed E-state index contributed by atoms with van der Waals surface area (Å²) < 4.78 is 0. The smallest absolute Gasteiger partial charge is 0.134 e. The Morgan fingerprint density at radius 2 is 2.06 bits per heavy atom. The lowest BCUT2D eigenvalue weighted by Crippen LogP contribution is -2.28. The summed E-state index contributed by atoms with van der Waals surface area (Å²) in [4.78, 5) is 8.83. The molecular formula is C14H25N3O. The minimum Gasteiger partial charge on any atom is -0.389 e. The first-order chi connectivity index (χ1) is 8.56. The summed E-state index contributed by atoms with van der Waals surface area (Å²) in [6.45, 7) is 6.84. The second kappa shape index (κ2) is 7.34. The predicted molar refractivity (Wildman–Crippen MR) is 75.9 cm³/mol. The van der Waals surface area contributed by atoms with Gasteiger partial charge in [-0.3, -0.25) is 0 Å². The van der Waals surface area contributed by atoms with Crippen molar-refractivity contribution in [3.05, 3.63) is 23.9 Å². The van der Waals surface area contributed by atoms with Gasteiger partial charge in [0.2, 0.25) is 0 Å². The molecule has 0 aliphatic rings. The number of hydrogen-bond donors (Lipinski definition) is 1. The van der Waals surface area contributed by atoms with Crippen molar-refractivity contribution in [2.75, 3.05) is 38.6 Å². The van der Waals surface area contributed by atoms with E-state index in [-0.39, 0.29) is 0 Å². The van der Waals surface area contributed by atoms with Crippen molar-refractivity contribution in [3.63, 3.8) is 0 Å². The molecule has 4 nitrogen and oxygen atoms in total. The van der Waals surface area contributed by atoms with Crippen molar-refractivity contribution in [1.29, 1.82) is 0 Å². The second-order valence-corrected chi connectivity index (χ2v) is 4.83. The Morgan fingerprint density at radius 1 is 1.33 bits per heavy atom. The number of pyridine rings is 1. The molecule has 0 radical (unpaired) electrons. The summed E-state index contributed by atoms with van der Waals surface area (Å²) >= 11 is 0. The van der Waals surface area contributed by atoms with Gasteiger partial charge in [0.1, 0.15) is 5.82 Å². The molecule has 1 rings (SSSR count). The fourth-order valence-electron chi connectivity index (χ4n) is 1.99. The molecule has 102 valence electrons. The van der Waals surface area contributed by atoms with Crippen LogP contribution in [-0.4, -0.2) is 48.7 Å². The minimum absolute atomic E-state index is 0.475. The van der Waals surface area contributed by atoms with Gasteiger partial charge in [-0.2, -0.15) is 0 Å². The maximum atomic E-state index is 9.79. The second-order valence-electron chi connectivity index (χ2n) is 4.83.